The molecule has 0 spiro atoms. The summed E-state index contributed by atoms with van der Waals surface area (Å²) in [6.07, 6.45) is -1.42. The second-order valence-corrected chi connectivity index (χ2v) is 11.1. The van der Waals surface area contributed by atoms with Gasteiger partial charge in [-0.3, -0.25) is 28.9 Å². The van der Waals surface area contributed by atoms with E-state index in [4.69, 9.17) is 5.73 Å². The van der Waals surface area contributed by atoms with Gasteiger partial charge in [0.2, 0.25) is 5.91 Å². The predicted molar refractivity (Wildman–Crippen MR) is 137 cm³/mol. The Balaban J connectivity index is 1.73. The van der Waals surface area contributed by atoms with E-state index >= 15 is 0 Å². The second-order valence-electron chi connectivity index (χ2n) is 11.1. The van der Waals surface area contributed by atoms with Crippen LogP contribution in [-0.2, 0) is 25.6 Å². The Morgan fingerprint density at radius 1 is 1.03 bits per heavy atom. The zero-order chi connectivity index (χ0) is 28.5. The Kier molecular flexibility index (Phi) is 6.32. The zero-order valence-corrected chi connectivity index (χ0v) is 21.7. The lowest BCUT2D eigenvalue weighted by molar-refractivity contribution is -0.197. The molecular weight excluding hydrogens is 504 g/mol. The van der Waals surface area contributed by atoms with Crippen molar-refractivity contribution in [2.24, 2.45) is 29.4 Å². The maximum absolute atomic E-state index is 14.1. The number of benzene rings is 2. The molecule has 10 nitrogen and oxygen atoms in total. The molecule has 0 aliphatic heterocycles. The molecule has 10 heteroatoms. The SMILES string of the molecule is Cc1ccc(CC2c3cccc(O)c3C(=O)C3C(=O)[C@]4(O)C(=O)C(C(N)=O)C(=O)[C@@H](N(C)C)[C@@H]4[C@@H](O)[C@@H]32)cc1. The van der Waals surface area contributed by atoms with Crippen molar-refractivity contribution in [3.05, 3.63) is 64.7 Å². The van der Waals surface area contributed by atoms with E-state index in [1.165, 1.54) is 25.1 Å². The number of phenols is 1. The predicted octanol–water partition coefficient (Wildman–Crippen LogP) is -0.0700. The molecule has 0 bridgehead atoms. The Hall–Kier alpha value is -3.73. The number of aliphatic hydroxyl groups excluding tert-OH is 1. The van der Waals surface area contributed by atoms with Crippen LogP contribution >= 0.6 is 0 Å². The van der Waals surface area contributed by atoms with Gasteiger partial charge in [0.1, 0.15) is 5.75 Å². The molecule has 2 saturated carbocycles. The van der Waals surface area contributed by atoms with Crippen molar-refractivity contribution in [3.63, 3.8) is 0 Å². The molecule has 0 radical (unpaired) electrons. The number of hydrogen-bond acceptors (Lipinski definition) is 9. The van der Waals surface area contributed by atoms with Gasteiger partial charge in [-0.1, -0.05) is 42.0 Å². The Bertz CT molecular complexity index is 1420. The van der Waals surface area contributed by atoms with Crippen molar-refractivity contribution < 1.29 is 39.3 Å². The molecule has 3 aliphatic carbocycles. The van der Waals surface area contributed by atoms with Crippen molar-refractivity contribution in [2.45, 2.75) is 37.0 Å². The number of likely N-dealkylation sites (N-methyl/N-ethyl adjacent to an activating group) is 1. The lowest BCUT2D eigenvalue weighted by Crippen LogP contribution is -2.77. The number of rotatable bonds is 4. The van der Waals surface area contributed by atoms with Crippen LogP contribution in [-0.4, -0.2) is 81.1 Å². The molecule has 0 heterocycles. The van der Waals surface area contributed by atoms with Crippen molar-refractivity contribution in [2.75, 3.05) is 14.1 Å². The number of nitrogens with zero attached hydrogens (tertiary/aromatic N) is 1. The smallest absolute Gasteiger partial charge is 0.235 e. The molecule has 2 fully saturated rings. The summed E-state index contributed by atoms with van der Waals surface area (Å²) in [4.78, 5) is 68.2. The van der Waals surface area contributed by atoms with Crippen molar-refractivity contribution in [1.82, 2.24) is 4.90 Å². The number of primary amides is 1. The van der Waals surface area contributed by atoms with Gasteiger partial charge in [0.05, 0.1) is 29.5 Å². The lowest BCUT2D eigenvalue weighted by atomic mass is 9.49. The number of hydrogen-bond donors (Lipinski definition) is 4. The first kappa shape index (κ1) is 26.9. The summed E-state index contributed by atoms with van der Waals surface area (Å²) in [6.45, 7) is 1.93. The largest absolute Gasteiger partial charge is 0.507 e. The topological polar surface area (TPSA) is 175 Å². The molecule has 5 N–H and O–H groups in total. The third-order valence-corrected chi connectivity index (χ3v) is 8.73. The fourth-order valence-electron chi connectivity index (χ4n) is 6.99. The highest BCUT2D eigenvalue weighted by Gasteiger charge is 2.73. The Labute approximate surface area is 224 Å². The molecular formula is C29H30N2O8. The van der Waals surface area contributed by atoms with Gasteiger partial charge in [-0.05, 0) is 50.6 Å². The molecule has 39 heavy (non-hydrogen) atoms. The summed E-state index contributed by atoms with van der Waals surface area (Å²) in [6, 6.07) is 10.7. The summed E-state index contributed by atoms with van der Waals surface area (Å²) >= 11 is 0. The van der Waals surface area contributed by atoms with Gasteiger partial charge < -0.3 is 21.1 Å². The van der Waals surface area contributed by atoms with Crippen molar-refractivity contribution in [1.29, 1.82) is 0 Å². The van der Waals surface area contributed by atoms with Gasteiger partial charge in [0.25, 0.3) is 0 Å². The Morgan fingerprint density at radius 2 is 1.67 bits per heavy atom. The first-order chi connectivity index (χ1) is 18.3. The molecule has 3 aliphatic rings. The van der Waals surface area contributed by atoms with E-state index in [1.54, 1.807) is 12.1 Å². The number of nitrogens with two attached hydrogens (primary N) is 1. The monoisotopic (exact) mass is 534 g/mol. The lowest BCUT2D eigenvalue weighted by Gasteiger charge is -2.56. The number of Topliss-reactive ketones (excluding diaryl/α,β-unsaturated/α-hetero) is 4. The number of phenolic OH excluding ortho intramolecular Hbond substituents is 1. The van der Waals surface area contributed by atoms with Crippen molar-refractivity contribution in [3.8, 4) is 5.75 Å². The van der Waals surface area contributed by atoms with Gasteiger partial charge in [0.15, 0.2) is 34.7 Å². The standard InChI is InChI=1S/C29H30N2O8/c1-12-7-9-13(10-8-12)11-15-14-5-4-6-16(32)17(14)23(33)19-18(15)24(34)21-22(31(2)3)25(35)20(28(30)38)27(37)29(21,39)26(19)36/h4-10,15,18-22,24,32,34,39H,11H2,1-3H3,(H2,30,38)/t15?,18-,19?,20?,21-,22+,24+,29+/m1/s1. The van der Waals surface area contributed by atoms with Gasteiger partial charge in [-0.15, -0.1) is 0 Å². The van der Waals surface area contributed by atoms with Crippen LogP contribution in [0.2, 0.25) is 0 Å². The quantitative estimate of drug-likeness (QED) is 0.391. The number of ketones is 4. The van der Waals surface area contributed by atoms with Crippen LogP contribution < -0.4 is 5.73 Å². The van der Waals surface area contributed by atoms with E-state index < -0.39 is 76.4 Å². The molecule has 204 valence electrons. The van der Waals surface area contributed by atoms with Crippen molar-refractivity contribution >= 4 is 29.0 Å². The molecule has 2 aromatic rings. The maximum Gasteiger partial charge on any atom is 0.235 e. The third kappa shape index (κ3) is 3.70. The number of aryl methyl sites for hydroxylation is 1. The summed E-state index contributed by atoms with van der Waals surface area (Å²) in [5, 5.41) is 34.3. The van der Waals surface area contributed by atoms with Crippen LogP contribution in [0.5, 0.6) is 5.75 Å². The normalized spacial score (nSPS) is 33.9. The number of aliphatic hydroxyl groups is 2. The average molecular weight is 535 g/mol. The molecule has 0 saturated heterocycles. The third-order valence-electron chi connectivity index (χ3n) is 8.73. The van der Waals surface area contributed by atoms with Crippen LogP contribution in [0.15, 0.2) is 42.5 Å². The molecule has 8 atom stereocenters. The number of fused-ring (bicyclic) bond motifs is 3. The summed E-state index contributed by atoms with van der Waals surface area (Å²) in [5.74, 6) is -13.4. The molecule has 5 rings (SSSR count). The summed E-state index contributed by atoms with van der Waals surface area (Å²) in [7, 11) is 2.92. The minimum atomic E-state index is -3.02. The highest BCUT2D eigenvalue weighted by Crippen LogP contribution is 2.55. The molecule has 3 unspecified atom stereocenters. The van der Waals surface area contributed by atoms with Gasteiger partial charge >= 0.3 is 0 Å². The minimum Gasteiger partial charge on any atom is -0.507 e. The van der Waals surface area contributed by atoms with Gasteiger partial charge in [-0.25, -0.2) is 0 Å². The maximum atomic E-state index is 14.1. The first-order valence-corrected chi connectivity index (χ1v) is 12.7. The number of carbonyl (C=O) groups excluding carboxylic acids is 5. The molecule has 0 aromatic heterocycles. The second kappa shape index (κ2) is 9.18. The van der Waals surface area contributed by atoms with Gasteiger partial charge in [0, 0.05) is 5.92 Å². The van der Waals surface area contributed by atoms with Crippen LogP contribution in [0.1, 0.15) is 33.0 Å². The van der Waals surface area contributed by atoms with E-state index in [1.807, 2.05) is 31.2 Å². The fourth-order valence-corrected chi connectivity index (χ4v) is 6.99. The number of amides is 1. The highest BCUT2D eigenvalue weighted by atomic mass is 16.3. The summed E-state index contributed by atoms with van der Waals surface area (Å²) < 4.78 is 0. The van der Waals surface area contributed by atoms with E-state index in [0.29, 0.717) is 5.56 Å². The number of aromatic hydroxyl groups is 1. The number of carbonyl (C=O) groups is 5. The minimum absolute atomic E-state index is 0.117. The van der Waals surface area contributed by atoms with Crippen LogP contribution in [0.3, 0.4) is 0 Å². The van der Waals surface area contributed by atoms with Crippen LogP contribution in [0.4, 0.5) is 0 Å². The average Bonchev–Trinajstić information content (AvgIpc) is 2.86. The highest BCUT2D eigenvalue weighted by molar-refractivity contribution is 6.32. The first-order valence-electron chi connectivity index (χ1n) is 12.7. The van der Waals surface area contributed by atoms with Crippen LogP contribution in [0.25, 0.3) is 0 Å². The summed E-state index contributed by atoms with van der Waals surface area (Å²) in [5.41, 5.74) is 4.48. The molecule has 1 amide bonds. The zero-order valence-electron chi connectivity index (χ0n) is 21.7. The van der Waals surface area contributed by atoms with E-state index in [-0.39, 0.29) is 17.7 Å². The van der Waals surface area contributed by atoms with E-state index in [0.717, 1.165) is 11.1 Å². The molecule has 2 aromatic carbocycles. The van der Waals surface area contributed by atoms with Gasteiger partial charge in [-0.2, -0.15) is 0 Å². The van der Waals surface area contributed by atoms with E-state index in [9.17, 15) is 39.3 Å². The van der Waals surface area contributed by atoms with Crippen LogP contribution in [0, 0.1) is 30.6 Å². The Morgan fingerprint density at radius 3 is 2.26 bits per heavy atom. The van der Waals surface area contributed by atoms with E-state index in [2.05, 4.69) is 0 Å². The fraction of sp³-hybridized carbons (Fsp3) is 0.414.